The van der Waals surface area contributed by atoms with E-state index < -0.39 is 0 Å². The van der Waals surface area contributed by atoms with E-state index in [0.29, 0.717) is 36.4 Å². The number of likely N-dealkylation sites (tertiary alicyclic amines) is 1. The minimum absolute atomic E-state index is 0.0641. The Hall–Kier alpha value is -2.89. The molecule has 1 N–H and O–H groups in total. The molecular formula is C24H27FN2O3. The molecule has 0 aromatic heterocycles. The fraction of sp³-hybridized carbons (Fsp3) is 0.417. The minimum atomic E-state index is -0.281. The fourth-order valence-electron chi connectivity index (χ4n) is 4.16. The first-order valence-electron chi connectivity index (χ1n) is 10.5. The highest BCUT2D eigenvalue weighted by molar-refractivity contribution is 5.93. The number of anilines is 1. The Morgan fingerprint density at radius 2 is 1.83 bits per heavy atom. The summed E-state index contributed by atoms with van der Waals surface area (Å²) < 4.78 is 19.0. The topological polar surface area (TPSA) is 58.6 Å². The van der Waals surface area contributed by atoms with Gasteiger partial charge in [0.05, 0.1) is 19.1 Å². The van der Waals surface area contributed by atoms with E-state index in [1.165, 1.54) is 6.07 Å². The van der Waals surface area contributed by atoms with Gasteiger partial charge in [0, 0.05) is 24.2 Å². The summed E-state index contributed by atoms with van der Waals surface area (Å²) in [4.78, 5) is 27.8. The molecule has 6 heteroatoms. The minimum Gasteiger partial charge on any atom is -0.497 e. The van der Waals surface area contributed by atoms with Crippen LogP contribution in [0.3, 0.4) is 0 Å². The van der Waals surface area contributed by atoms with E-state index in [1.807, 2.05) is 29.2 Å². The van der Waals surface area contributed by atoms with E-state index in [9.17, 15) is 14.0 Å². The smallest absolute Gasteiger partial charge is 0.229 e. The van der Waals surface area contributed by atoms with Crippen LogP contribution >= 0.6 is 0 Å². The normalized spacial score (nSPS) is 21.2. The first kappa shape index (κ1) is 20.4. The highest BCUT2D eigenvalue weighted by atomic mass is 19.1. The summed E-state index contributed by atoms with van der Waals surface area (Å²) in [5.41, 5.74) is 2.19. The van der Waals surface area contributed by atoms with Gasteiger partial charge in [-0.2, -0.15) is 0 Å². The number of amides is 2. The van der Waals surface area contributed by atoms with Crippen molar-refractivity contribution in [1.82, 2.24) is 4.90 Å². The van der Waals surface area contributed by atoms with Crippen LogP contribution in [0.2, 0.25) is 0 Å². The van der Waals surface area contributed by atoms with E-state index in [0.717, 1.165) is 18.4 Å². The Morgan fingerprint density at radius 1 is 1.07 bits per heavy atom. The van der Waals surface area contributed by atoms with Crippen molar-refractivity contribution in [2.45, 2.75) is 38.6 Å². The summed E-state index contributed by atoms with van der Waals surface area (Å²) in [6.07, 6.45) is 3.17. The van der Waals surface area contributed by atoms with Crippen LogP contribution in [0.15, 0.2) is 42.5 Å². The van der Waals surface area contributed by atoms with Crippen LogP contribution in [0.4, 0.5) is 10.1 Å². The summed E-state index contributed by atoms with van der Waals surface area (Å²) in [5, 5.41) is 2.96. The summed E-state index contributed by atoms with van der Waals surface area (Å²) in [6.45, 7) is 2.12. The Morgan fingerprint density at radius 3 is 2.53 bits per heavy atom. The van der Waals surface area contributed by atoms with Crippen molar-refractivity contribution in [3.05, 3.63) is 59.4 Å². The molecule has 2 fully saturated rings. The molecule has 2 amide bonds. The van der Waals surface area contributed by atoms with Gasteiger partial charge in [-0.15, -0.1) is 0 Å². The molecule has 158 valence electrons. The number of hydrogen-bond acceptors (Lipinski definition) is 3. The van der Waals surface area contributed by atoms with Gasteiger partial charge in [-0.3, -0.25) is 9.59 Å². The molecule has 1 saturated heterocycles. The van der Waals surface area contributed by atoms with Gasteiger partial charge in [0.2, 0.25) is 11.8 Å². The number of carbonyl (C=O) groups is 2. The number of hydrogen-bond donors (Lipinski definition) is 1. The number of methoxy groups -OCH3 is 1. The van der Waals surface area contributed by atoms with Crippen molar-refractivity contribution in [3.63, 3.8) is 0 Å². The van der Waals surface area contributed by atoms with Gasteiger partial charge in [0.1, 0.15) is 11.6 Å². The molecule has 0 unspecified atom stereocenters. The first-order valence-corrected chi connectivity index (χ1v) is 10.5. The van der Waals surface area contributed by atoms with Gasteiger partial charge in [-0.1, -0.05) is 18.2 Å². The van der Waals surface area contributed by atoms with Gasteiger partial charge >= 0.3 is 0 Å². The number of benzene rings is 2. The monoisotopic (exact) mass is 410 g/mol. The molecule has 2 aromatic rings. The zero-order chi connectivity index (χ0) is 21.3. The SMILES string of the molecule is COc1cccc(NC(=O)[C@H]2CC[C@@H](c3ccc(F)c(C)c3)N(C(=O)C3CC3)C2)c1. The molecule has 0 radical (unpaired) electrons. The van der Waals surface area contributed by atoms with E-state index in [-0.39, 0.29) is 35.5 Å². The Kier molecular flexibility index (Phi) is 5.75. The lowest BCUT2D eigenvalue weighted by molar-refractivity contribution is -0.139. The molecule has 1 aliphatic carbocycles. The van der Waals surface area contributed by atoms with Gasteiger partial charge in [-0.25, -0.2) is 4.39 Å². The summed E-state index contributed by atoms with van der Waals surface area (Å²) in [5.74, 6) is 0.233. The third kappa shape index (κ3) is 4.32. The number of rotatable bonds is 5. The van der Waals surface area contributed by atoms with Crippen molar-refractivity contribution in [1.29, 1.82) is 0 Å². The quantitative estimate of drug-likeness (QED) is 0.791. The second-order valence-corrected chi connectivity index (χ2v) is 8.28. The van der Waals surface area contributed by atoms with Gasteiger partial charge in [0.15, 0.2) is 0 Å². The molecule has 30 heavy (non-hydrogen) atoms. The molecule has 1 aliphatic heterocycles. The molecular weight excluding hydrogens is 383 g/mol. The largest absolute Gasteiger partial charge is 0.497 e. The third-order valence-corrected chi connectivity index (χ3v) is 6.07. The van der Waals surface area contributed by atoms with E-state index >= 15 is 0 Å². The number of piperidine rings is 1. The molecule has 1 heterocycles. The van der Waals surface area contributed by atoms with Crippen LogP contribution in [0.5, 0.6) is 5.75 Å². The van der Waals surface area contributed by atoms with Crippen molar-refractivity contribution >= 4 is 17.5 Å². The van der Waals surface area contributed by atoms with Crippen LogP contribution in [0.25, 0.3) is 0 Å². The molecule has 2 aromatic carbocycles. The van der Waals surface area contributed by atoms with E-state index in [2.05, 4.69) is 5.32 Å². The predicted molar refractivity (Wildman–Crippen MR) is 113 cm³/mol. The Labute approximate surface area is 176 Å². The van der Waals surface area contributed by atoms with Crippen LogP contribution in [-0.2, 0) is 9.59 Å². The van der Waals surface area contributed by atoms with Crippen molar-refractivity contribution in [2.75, 3.05) is 19.0 Å². The fourth-order valence-corrected chi connectivity index (χ4v) is 4.16. The molecule has 5 nitrogen and oxygen atoms in total. The summed E-state index contributed by atoms with van der Waals surface area (Å²) in [6, 6.07) is 12.2. The molecule has 0 bridgehead atoms. The number of carbonyl (C=O) groups excluding carboxylic acids is 2. The summed E-state index contributed by atoms with van der Waals surface area (Å²) >= 11 is 0. The van der Waals surface area contributed by atoms with Crippen LogP contribution in [0, 0.1) is 24.6 Å². The molecule has 4 rings (SSSR count). The van der Waals surface area contributed by atoms with Gasteiger partial charge in [-0.05, 0) is 61.9 Å². The second kappa shape index (κ2) is 8.46. The molecule has 0 spiro atoms. The maximum Gasteiger partial charge on any atom is 0.229 e. The highest BCUT2D eigenvalue weighted by Gasteiger charge is 2.41. The maximum absolute atomic E-state index is 13.7. The average molecular weight is 410 g/mol. The molecule has 2 aliphatic rings. The average Bonchev–Trinajstić information content (AvgIpc) is 3.60. The van der Waals surface area contributed by atoms with Crippen LogP contribution in [-0.4, -0.2) is 30.4 Å². The Balaban J connectivity index is 1.51. The van der Waals surface area contributed by atoms with Gasteiger partial charge in [0.25, 0.3) is 0 Å². The second-order valence-electron chi connectivity index (χ2n) is 8.28. The number of nitrogens with one attached hydrogen (secondary N) is 1. The van der Waals surface area contributed by atoms with Crippen LogP contribution in [0.1, 0.15) is 42.9 Å². The standard InChI is InChI=1S/C24H27FN2O3/c1-15-12-17(8-10-21(15)25)22-11-9-18(14-27(22)24(29)16-6-7-16)23(28)26-19-4-3-5-20(13-19)30-2/h3-5,8,10,12-13,16,18,22H,6-7,9,11,14H2,1-2H3,(H,26,28)/t18-,22-/m0/s1. The third-order valence-electron chi connectivity index (χ3n) is 6.07. The number of nitrogens with zero attached hydrogens (tertiary/aromatic N) is 1. The maximum atomic E-state index is 13.7. The van der Waals surface area contributed by atoms with Gasteiger partial charge < -0.3 is 15.0 Å². The Bertz CT molecular complexity index is 957. The van der Waals surface area contributed by atoms with Crippen LogP contribution < -0.4 is 10.1 Å². The van der Waals surface area contributed by atoms with Crippen molar-refractivity contribution in [2.24, 2.45) is 11.8 Å². The lowest BCUT2D eigenvalue weighted by atomic mass is 9.87. The highest BCUT2D eigenvalue weighted by Crippen LogP contribution is 2.40. The lowest BCUT2D eigenvalue weighted by Gasteiger charge is -2.40. The predicted octanol–water partition coefficient (Wildman–Crippen LogP) is 4.47. The van der Waals surface area contributed by atoms with E-state index in [1.54, 1.807) is 26.2 Å². The zero-order valence-corrected chi connectivity index (χ0v) is 17.4. The number of halogens is 1. The zero-order valence-electron chi connectivity index (χ0n) is 17.4. The number of ether oxygens (including phenoxy) is 1. The summed E-state index contributed by atoms with van der Waals surface area (Å²) in [7, 11) is 1.58. The molecule has 2 atom stereocenters. The van der Waals surface area contributed by atoms with Crippen molar-refractivity contribution in [3.8, 4) is 5.75 Å². The molecule has 1 saturated carbocycles. The van der Waals surface area contributed by atoms with E-state index in [4.69, 9.17) is 4.74 Å². The number of aryl methyl sites for hydroxylation is 1. The lowest BCUT2D eigenvalue weighted by Crippen LogP contribution is -2.46. The first-order chi connectivity index (χ1) is 14.5. The van der Waals surface area contributed by atoms with Crippen molar-refractivity contribution < 1.29 is 18.7 Å².